The molecule has 1 heterocycles. The molecule has 0 bridgehead atoms. The van der Waals surface area contributed by atoms with Crippen molar-refractivity contribution in [1.82, 2.24) is 5.32 Å². The molecule has 1 fully saturated rings. The number of nitrogens with one attached hydrogen (secondary N) is 2. The maximum Gasteiger partial charge on any atom is 0.122 e. The Labute approximate surface area is 116 Å². The van der Waals surface area contributed by atoms with Crippen molar-refractivity contribution in [2.45, 2.75) is 45.1 Å². The Hall–Kier alpha value is -1.22. The fourth-order valence-electron chi connectivity index (χ4n) is 2.63. The molecule has 106 valence electrons. The second-order valence-corrected chi connectivity index (χ2v) is 5.64. The zero-order valence-electron chi connectivity index (χ0n) is 12.3. The second-order valence-electron chi connectivity index (χ2n) is 5.64. The average Bonchev–Trinajstić information content (AvgIpc) is 2.46. The smallest absolute Gasteiger partial charge is 0.122 e. The van der Waals surface area contributed by atoms with Gasteiger partial charge in [0.25, 0.3) is 0 Å². The number of methoxy groups -OCH3 is 1. The van der Waals surface area contributed by atoms with Gasteiger partial charge in [-0.1, -0.05) is 20.3 Å². The Kier molecular flexibility index (Phi) is 5.08. The molecule has 1 saturated heterocycles. The van der Waals surface area contributed by atoms with Crippen LogP contribution >= 0.6 is 0 Å². The Morgan fingerprint density at radius 2 is 2.21 bits per heavy atom. The molecule has 1 aliphatic rings. The number of ether oxygens (including phenoxy) is 1. The van der Waals surface area contributed by atoms with Gasteiger partial charge in [-0.25, -0.2) is 0 Å². The third kappa shape index (κ3) is 3.87. The molecule has 2 N–H and O–H groups in total. The SMILES string of the molecule is COc1ccc(NCC2CCCCN2)cc1C(C)C. The Balaban J connectivity index is 1.98. The van der Waals surface area contributed by atoms with Crippen molar-refractivity contribution in [1.29, 1.82) is 0 Å². The molecule has 19 heavy (non-hydrogen) atoms. The molecule has 1 aromatic rings. The molecule has 0 aromatic heterocycles. The summed E-state index contributed by atoms with van der Waals surface area (Å²) in [4.78, 5) is 0. The van der Waals surface area contributed by atoms with Crippen LogP contribution in [0.4, 0.5) is 5.69 Å². The first-order valence-electron chi connectivity index (χ1n) is 7.36. The van der Waals surface area contributed by atoms with Gasteiger partial charge in [0.05, 0.1) is 7.11 Å². The topological polar surface area (TPSA) is 33.3 Å². The van der Waals surface area contributed by atoms with Crippen LogP contribution in [0.3, 0.4) is 0 Å². The maximum absolute atomic E-state index is 5.42. The maximum atomic E-state index is 5.42. The van der Waals surface area contributed by atoms with Gasteiger partial charge in [0.1, 0.15) is 5.75 Å². The van der Waals surface area contributed by atoms with E-state index in [0.29, 0.717) is 12.0 Å². The minimum Gasteiger partial charge on any atom is -0.496 e. The summed E-state index contributed by atoms with van der Waals surface area (Å²) < 4.78 is 5.42. The van der Waals surface area contributed by atoms with Crippen LogP contribution in [0.25, 0.3) is 0 Å². The summed E-state index contributed by atoms with van der Waals surface area (Å²) in [6.45, 7) is 6.56. The number of hydrogen-bond acceptors (Lipinski definition) is 3. The van der Waals surface area contributed by atoms with Gasteiger partial charge >= 0.3 is 0 Å². The van der Waals surface area contributed by atoms with E-state index in [-0.39, 0.29) is 0 Å². The lowest BCUT2D eigenvalue weighted by Crippen LogP contribution is -2.39. The minimum atomic E-state index is 0.476. The predicted octanol–water partition coefficient (Wildman–Crippen LogP) is 3.37. The largest absolute Gasteiger partial charge is 0.496 e. The molecular formula is C16H26N2O. The van der Waals surface area contributed by atoms with Crippen LogP contribution in [-0.4, -0.2) is 26.2 Å². The van der Waals surface area contributed by atoms with E-state index in [4.69, 9.17) is 4.74 Å². The molecule has 3 nitrogen and oxygen atoms in total. The lowest BCUT2D eigenvalue weighted by molar-refractivity contribution is 0.407. The third-order valence-corrected chi connectivity index (χ3v) is 3.82. The highest BCUT2D eigenvalue weighted by Crippen LogP contribution is 2.29. The van der Waals surface area contributed by atoms with Gasteiger partial charge in [-0.15, -0.1) is 0 Å². The van der Waals surface area contributed by atoms with Crippen molar-refractivity contribution in [3.8, 4) is 5.75 Å². The van der Waals surface area contributed by atoms with Crippen LogP contribution in [0.1, 0.15) is 44.6 Å². The molecule has 1 atom stereocenters. The van der Waals surface area contributed by atoms with E-state index in [0.717, 1.165) is 18.8 Å². The van der Waals surface area contributed by atoms with Crippen molar-refractivity contribution in [2.24, 2.45) is 0 Å². The molecular weight excluding hydrogens is 236 g/mol. The molecule has 1 aliphatic heterocycles. The highest BCUT2D eigenvalue weighted by atomic mass is 16.5. The first-order chi connectivity index (χ1) is 9.20. The third-order valence-electron chi connectivity index (χ3n) is 3.82. The molecule has 0 radical (unpaired) electrons. The molecule has 0 amide bonds. The van der Waals surface area contributed by atoms with Crippen LogP contribution in [0, 0.1) is 0 Å². The van der Waals surface area contributed by atoms with E-state index >= 15 is 0 Å². The number of anilines is 1. The van der Waals surface area contributed by atoms with Gasteiger partial charge in [0.2, 0.25) is 0 Å². The zero-order valence-corrected chi connectivity index (χ0v) is 12.3. The highest BCUT2D eigenvalue weighted by molar-refractivity contribution is 5.52. The van der Waals surface area contributed by atoms with Crippen molar-refractivity contribution in [3.05, 3.63) is 23.8 Å². The van der Waals surface area contributed by atoms with E-state index in [1.54, 1.807) is 7.11 Å². The van der Waals surface area contributed by atoms with Gasteiger partial charge in [0.15, 0.2) is 0 Å². The van der Waals surface area contributed by atoms with Crippen LogP contribution in [0.2, 0.25) is 0 Å². The summed E-state index contributed by atoms with van der Waals surface area (Å²) in [7, 11) is 1.74. The van der Waals surface area contributed by atoms with E-state index in [1.807, 2.05) is 0 Å². The minimum absolute atomic E-state index is 0.476. The molecule has 2 rings (SSSR count). The molecule has 0 spiro atoms. The van der Waals surface area contributed by atoms with Gasteiger partial charge in [-0.05, 0) is 49.1 Å². The van der Waals surface area contributed by atoms with Crippen LogP contribution in [0.5, 0.6) is 5.75 Å². The van der Waals surface area contributed by atoms with Crippen LogP contribution in [-0.2, 0) is 0 Å². The van der Waals surface area contributed by atoms with E-state index in [2.05, 4.69) is 42.7 Å². The van der Waals surface area contributed by atoms with E-state index in [1.165, 1.54) is 30.5 Å². The summed E-state index contributed by atoms with van der Waals surface area (Å²) in [5, 5.41) is 7.10. The van der Waals surface area contributed by atoms with Crippen molar-refractivity contribution in [3.63, 3.8) is 0 Å². The average molecular weight is 262 g/mol. The summed E-state index contributed by atoms with van der Waals surface area (Å²) in [6.07, 6.45) is 3.94. The fourth-order valence-corrected chi connectivity index (χ4v) is 2.63. The molecule has 1 unspecified atom stereocenters. The fraction of sp³-hybridized carbons (Fsp3) is 0.625. The van der Waals surface area contributed by atoms with Gasteiger partial charge < -0.3 is 15.4 Å². The molecule has 0 aliphatic carbocycles. The molecule has 3 heteroatoms. The quantitative estimate of drug-likeness (QED) is 0.853. The number of piperidine rings is 1. The van der Waals surface area contributed by atoms with Crippen LogP contribution < -0.4 is 15.4 Å². The first-order valence-corrected chi connectivity index (χ1v) is 7.36. The Morgan fingerprint density at radius 3 is 2.84 bits per heavy atom. The monoisotopic (exact) mass is 262 g/mol. The van der Waals surface area contributed by atoms with Crippen LogP contribution in [0.15, 0.2) is 18.2 Å². The van der Waals surface area contributed by atoms with E-state index < -0.39 is 0 Å². The first kappa shape index (κ1) is 14.2. The lowest BCUT2D eigenvalue weighted by atomic mass is 10.0. The lowest BCUT2D eigenvalue weighted by Gasteiger charge is -2.24. The summed E-state index contributed by atoms with van der Waals surface area (Å²) in [5.41, 5.74) is 2.46. The van der Waals surface area contributed by atoms with E-state index in [9.17, 15) is 0 Å². The van der Waals surface area contributed by atoms with Gasteiger partial charge in [-0.3, -0.25) is 0 Å². The molecule has 1 aromatic carbocycles. The summed E-state index contributed by atoms with van der Waals surface area (Å²) in [6, 6.07) is 6.99. The molecule has 0 saturated carbocycles. The Morgan fingerprint density at radius 1 is 1.37 bits per heavy atom. The van der Waals surface area contributed by atoms with Gasteiger partial charge in [0, 0.05) is 18.3 Å². The van der Waals surface area contributed by atoms with Crippen molar-refractivity contribution < 1.29 is 4.74 Å². The number of benzene rings is 1. The second kappa shape index (κ2) is 6.80. The number of hydrogen-bond donors (Lipinski definition) is 2. The normalized spacial score (nSPS) is 19.5. The van der Waals surface area contributed by atoms with Gasteiger partial charge in [-0.2, -0.15) is 0 Å². The van der Waals surface area contributed by atoms with Crippen molar-refractivity contribution in [2.75, 3.05) is 25.5 Å². The number of rotatable bonds is 5. The zero-order chi connectivity index (χ0) is 13.7. The Bertz CT molecular complexity index is 398. The summed E-state index contributed by atoms with van der Waals surface area (Å²) in [5.74, 6) is 1.46. The summed E-state index contributed by atoms with van der Waals surface area (Å²) >= 11 is 0. The van der Waals surface area contributed by atoms with Crippen molar-refractivity contribution >= 4 is 5.69 Å². The predicted molar refractivity (Wildman–Crippen MR) is 81.2 cm³/mol. The highest BCUT2D eigenvalue weighted by Gasteiger charge is 2.13. The standard InChI is InChI=1S/C16H26N2O/c1-12(2)15-10-13(7-8-16(15)19-3)18-11-14-6-4-5-9-17-14/h7-8,10,12,14,17-18H,4-6,9,11H2,1-3H3.